The molecule has 3 aliphatic rings. The van der Waals surface area contributed by atoms with Gasteiger partial charge >= 0.3 is 0 Å². The van der Waals surface area contributed by atoms with Crippen molar-refractivity contribution in [3.63, 3.8) is 0 Å². The van der Waals surface area contributed by atoms with Crippen LogP contribution in [0.15, 0.2) is 71.9 Å². The number of aldehydes is 1. The van der Waals surface area contributed by atoms with Crippen LogP contribution in [0.3, 0.4) is 0 Å². The van der Waals surface area contributed by atoms with Crippen LogP contribution in [0.4, 0.5) is 0 Å². The molecule has 2 aromatic carbocycles. The molecule has 0 saturated heterocycles. The molecule has 330 valence electrons. The van der Waals surface area contributed by atoms with Gasteiger partial charge in [-0.05, 0) is 86.3 Å². The fourth-order valence-electron chi connectivity index (χ4n) is 10.0. The average molecular weight is 829 g/mol. The van der Waals surface area contributed by atoms with Gasteiger partial charge in [-0.15, -0.1) is 6.58 Å². The van der Waals surface area contributed by atoms with Crippen LogP contribution < -0.4 is 9.47 Å². The minimum Gasteiger partial charge on any atom is -0.459 e. The average Bonchev–Trinajstić information content (AvgIpc) is 3.26. The summed E-state index contributed by atoms with van der Waals surface area (Å²) in [6.07, 6.45) is 21.9. The van der Waals surface area contributed by atoms with E-state index in [0.717, 1.165) is 74.5 Å². The highest BCUT2D eigenvalue weighted by Gasteiger charge is 2.65. The summed E-state index contributed by atoms with van der Waals surface area (Å²) in [5.41, 5.74) is 3.30. The first kappa shape index (κ1) is 47.1. The van der Waals surface area contributed by atoms with Crippen LogP contribution in [-0.2, 0) is 14.4 Å². The number of benzene rings is 2. The lowest BCUT2D eigenvalue weighted by Crippen LogP contribution is -2.70. The SMILES string of the molecule is C=CCO[C@@]12Oc3ccc(Oc4cccc(C=O)c4)cc3[C@H]3[C@H](CCCCO)[C@@H](CCCCO)C=C(C(=NOC)C[C@@H]1N(CCC)C(=O)CCCCCCCCCCC)[C@H]32. The third kappa shape index (κ3) is 11.7. The quantitative estimate of drug-likeness (QED) is 0.0376. The second-order valence-electron chi connectivity index (χ2n) is 16.9. The lowest BCUT2D eigenvalue weighted by Gasteiger charge is -2.60. The van der Waals surface area contributed by atoms with Crippen molar-refractivity contribution in [2.75, 3.05) is 33.5 Å². The number of unbranched alkanes of at least 4 members (excludes halogenated alkanes) is 10. The first-order chi connectivity index (χ1) is 29.4. The molecule has 10 heteroatoms. The van der Waals surface area contributed by atoms with Gasteiger partial charge in [-0.25, -0.2) is 0 Å². The third-order valence-electron chi connectivity index (χ3n) is 12.7. The first-order valence-corrected chi connectivity index (χ1v) is 23.0. The molecular formula is C50H72N2O8. The molecule has 0 spiro atoms. The molecule has 6 atom stereocenters. The monoisotopic (exact) mass is 829 g/mol. The van der Waals surface area contributed by atoms with Crippen molar-refractivity contribution < 1.29 is 38.9 Å². The van der Waals surface area contributed by atoms with Gasteiger partial charge in [-0.3, -0.25) is 9.59 Å². The van der Waals surface area contributed by atoms with Crippen LogP contribution in [0.1, 0.15) is 151 Å². The molecule has 2 N–H and O–H groups in total. The number of rotatable bonds is 28. The van der Waals surface area contributed by atoms with Crippen LogP contribution in [0.2, 0.25) is 0 Å². The van der Waals surface area contributed by atoms with Gasteiger partial charge in [-0.2, -0.15) is 0 Å². The Morgan fingerprint density at radius 1 is 0.917 bits per heavy atom. The van der Waals surface area contributed by atoms with Crippen molar-refractivity contribution in [1.29, 1.82) is 0 Å². The number of aliphatic hydroxyl groups excluding tert-OH is 2. The first-order valence-electron chi connectivity index (χ1n) is 23.0. The lowest BCUT2D eigenvalue weighted by atomic mass is 9.55. The number of hydrogen-bond acceptors (Lipinski definition) is 9. The zero-order valence-corrected chi connectivity index (χ0v) is 36.7. The third-order valence-corrected chi connectivity index (χ3v) is 12.7. The standard InChI is InChI=1S/C50H72N2O8/c1-5-8-9-10-11-12-13-14-15-25-47(56)52(28-6-2)46-35-44(51-57-4)42-33-38(22-16-18-29-53)41(24-17-19-30-54)48-43-34-40(59-39-23-20-21-37(32-39)36-55)26-27-45(43)60-50(46,49(42)48)58-31-7-3/h7,20-21,23,26-27,32-34,36,38,41,46,48-49,53-54H,3,5-6,8-19,22,24-25,28-31,35H2,1-2,4H3/t38-,41+,46-,48+,49+,50+/m0/s1. The van der Waals surface area contributed by atoms with Crippen LogP contribution in [0.5, 0.6) is 17.2 Å². The molecule has 10 nitrogen and oxygen atoms in total. The Labute approximate surface area is 359 Å². The fourth-order valence-corrected chi connectivity index (χ4v) is 10.0. The maximum atomic E-state index is 14.6. The van der Waals surface area contributed by atoms with Crippen molar-refractivity contribution in [2.24, 2.45) is 22.9 Å². The van der Waals surface area contributed by atoms with Crippen molar-refractivity contribution in [2.45, 2.75) is 147 Å². The molecule has 1 aliphatic heterocycles. The second kappa shape index (κ2) is 24.5. The van der Waals surface area contributed by atoms with Crippen molar-refractivity contribution >= 4 is 17.9 Å². The maximum absolute atomic E-state index is 14.6. The minimum atomic E-state index is -1.28. The van der Waals surface area contributed by atoms with Gasteiger partial charge in [0.15, 0.2) is 0 Å². The molecule has 1 amide bonds. The minimum absolute atomic E-state index is 0.0972. The number of aliphatic hydroxyl groups is 2. The van der Waals surface area contributed by atoms with Crippen LogP contribution >= 0.6 is 0 Å². The molecule has 60 heavy (non-hydrogen) atoms. The zero-order valence-electron chi connectivity index (χ0n) is 36.7. The van der Waals surface area contributed by atoms with E-state index in [4.69, 9.17) is 24.2 Å². The van der Waals surface area contributed by atoms with E-state index < -0.39 is 11.8 Å². The Morgan fingerprint density at radius 3 is 2.32 bits per heavy atom. The number of carbonyl (C=O) groups is 2. The van der Waals surface area contributed by atoms with E-state index in [1.54, 1.807) is 31.4 Å². The van der Waals surface area contributed by atoms with Gasteiger partial charge in [0.1, 0.15) is 36.7 Å². The highest BCUT2D eigenvalue weighted by molar-refractivity contribution is 6.03. The Balaban J connectivity index is 1.61. The molecular weight excluding hydrogens is 757 g/mol. The summed E-state index contributed by atoms with van der Waals surface area (Å²) in [5.74, 6) is 0.369. The molecule has 1 fully saturated rings. The topological polar surface area (TPSA) is 127 Å². The summed E-state index contributed by atoms with van der Waals surface area (Å²) in [7, 11) is 1.57. The maximum Gasteiger partial charge on any atom is 0.239 e. The van der Waals surface area contributed by atoms with Gasteiger partial charge in [0.25, 0.3) is 0 Å². The van der Waals surface area contributed by atoms with Crippen LogP contribution in [-0.4, -0.2) is 78.3 Å². The van der Waals surface area contributed by atoms with Crippen molar-refractivity contribution in [3.05, 3.63) is 77.9 Å². The number of amides is 1. The van der Waals surface area contributed by atoms with Crippen molar-refractivity contribution in [3.8, 4) is 17.2 Å². The van der Waals surface area contributed by atoms with Gasteiger partial charge in [-0.1, -0.05) is 107 Å². The van der Waals surface area contributed by atoms with E-state index in [-0.39, 0.29) is 49.4 Å². The van der Waals surface area contributed by atoms with Gasteiger partial charge in [0.05, 0.1) is 18.2 Å². The zero-order chi connectivity index (χ0) is 42.7. The fraction of sp³-hybridized carbons (Fsp3) is 0.620. The highest BCUT2D eigenvalue weighted by Crippen LogP contribution is 2.62. The molecule has 0 bridgehead atoms. The summed E-state index contributed by atoms with van der Waals surface area (Å²) in [6, 6.07) is 12.5. The molecule has 0 radical (unpaired) electrons. The molecule has 1 heterocycles. The number of fused-ring (bicyclic) bond motifs is 2. The number of nitrogens with zero attached hydrogens (tertiary/aromatic N) is 2. The predicted molar refractivity (Wildman–Crippen MR) is 238 cm³/mol. The predicted octanol–water partition coefficient (Wildman–Crippen LogP) is 10.7. The Kier molecular flexibility index (Phi) is 19.2. The molecule has 2 aliphatic carbocycles. The van der Waals surface area contributed by atoms with E-state index in [1.165, 1.54) is 38.5 Å². The van der Waals surface area contributed by atoms with E-state index in [0.29, 0.717) is 55.0 Å². The van der Waals surface area contributed by atoms with Gasteiger partial charge < -0.3 is 34.2 Å². The van der Waals surface area contributed by atoms with Crippen LogP contribution in [0, 0.1) is 17.8 Å². The van der Waals surface area contributed by atoms with E-state index >= 15 is 0 Å². The highest BCUT2D eigenvalue weighted by atomic mass is 16.7. The van der Waals surface area contributed by atoms with E-state index in [1.807, 2.05) is 23.1 Å². The Morgan fingerprint density at radius 2 is 1.63 bits per heavy atom. The van der Waals surface area contributed by atoms with E-state index in [9.17, 15) is 19.8 Å². The van der Waals surface area contributed by atoms with Crippen molar-refractivity contribution in [1.82, 2.24) is 4.90 Å². The molecule has 2 aromatic rings. The second-order valence-corrected chi connectivity index (χ2v) is 16.9. The summed E-state index contributed by atoms with van der Waals surface area (Å²) >= 11 is 0. The summed E-state index contributed by atoms with van der Waals surface area (Å²) in [4.78, 5) is 33.9. The smallest absolute Gasteiger partial charge is 0.239 e. The normalized spacial score (nSPS) is 23.5. The van der Waals surface area contributed by atoms with E-state index in [2.05, 4.69) is 32.6 Å². The summed E-state index contributed by atoms with van der Waals surface area (Å²) in [5, 5.41) is 24.5. The molecule has 1 saturated carbocycles. The molecule has 0 unspecified atom stereocenters. The number of carbonyl (C=O) groups excluding carboxylic acids is 2. The summed E-state index contributed by atoms with van der Waals surface area (Å²) < 4.78 is 20.9. The number of hydrogen-bond donors (Lipinski definition) is 2. The number of allylic oxidation sites excluding steroid dienone is 1. The van der Waals surface area contributed by atoms with Gasteiger partial charge in [0.2, 0.25) is 11.7 Å². The van der Waals surface area contributed by atoms with Crippen LogP contribution in [0.25, 0.3) is 0 Å². The Hall–Kier alpha value is -3.99. The lowest BCUT2D eigenvalue weighted by molar-refractivity contribution is -0.257. The molecule has 5 rings (SSSR count). The number of ether oxygens (including phenoxy) is 3. The molecule has 0 aromatic heterocycles. The number of oxime groups is 1. The van der Waals surface area contributed by atoms with Gasteiger partial charge in [0, 0.05) is 49.6 Å². The summed E-state index contributed by atoms with van der Waals surface area (Å²) in [6.45, 7) is 9.40. The Bertz CT molecular complexity index is 1730. The largest absolute Gasteiger partial charge is 0.459 e.